The highest BCUT2D eigenvalue weighted by molar-refractivity contribution is 6.94. The van der Waals surface area contributed by atoms with Crippen molar-refractivity contribution in [2.24, 2.45) is 5.92 Å². The second-order valence-electron chi connectivity index (χ2n) is 6.66. The van der Waals surface area contributed by atoms with Crippen molar-refractivity contribution in [3.05, 3.63) is 30.3 Å². The summed E-state index contributed by atoms with van der Waals surface area (Å²) < 4.78 is 5.34. The Kier molecular flexibility index (Phi) is 4.85. The average molecular weight is 276 g/mol. The van der Waals surface area contributed by atoms with Gasteiger partial charge in [0.1, 0.15) is 0 Å². The van der Waals surface area contributed by atoms with Crippen molar-refractivity contribution >= 4 is 13.3 Å². The fourth-order valence-corrected chi connectivity index (χ4v) is 9.51. The van der Waals surface area contributed by atoms with Crippen LogP contribution in [0.25, 0.3) is 0 Å². The van der Waals surface area contributed by atoms with E-state index < -0.39 is 8.07 Å². The molecule has 1 aromatic rings. The van der Waals surface area contributed by atoms with Crippen molar-refractivity contribution in [3.8, 4) is 0 Å². The largest absolute Gasteiger partial charge is 0.381 e. The number of benzene rings is 1. The molecule has 0 atom stereocenters. The number of rotatable bonds is 6. The third kappa shape index (κ3) is 2.95. The first-order valence-corrected chi connectivity index (χ1v) is 10.1. The molecule has 2 rings (SSSR count). The van der Waals surface area contributed by atoms with Gasteiger partial charge in [0.25, 0.3) is 0 Å². The lowest BCUT2D eigenvalue weighted by Crippen LogP contribution is -2.53. The molecule has 1 aliphatic heterocycles. The monoisotopic (exact) mass is 276 g/mol. The van der Waals surface area contributed by atoms with Gasteiger partial charge in [0.05, 0.1) is 21.3 Å². The average Bonchev–Trinajstić information content (AvgIpc) is 2.32. The van der Waals surface area contributed by atoms with Crippen LogP contribution in [0.4, 0.5) is 0 Å². The summed E-state index contributed by atoms with van der Waals surface area (Å²) >= 11 is 0. The smallest absolute Gasteiger partial charge is 0.0917 e. The van der Waals surface area contributed by atoms with E-state index in [0.29, 0.717) is 0 Å². The van der Waals surface area contributed by atoms with E-state index in [9.17, 15) is 0 Å². The highest BCUT2D eigenvalue weighted by atomic mass is 28.3. The van der Waals surface area contributed by atoms with E-state index in [2.05, 4.69) is 58.0 Å². The third-order valence-corrected chi connectivity index (χ3v) is 11.7. The van der Waals surface area contributed by atoms with E-state index in [0.717, 1.165) is 30.2 Å². The third-order valence-electron chi connectivity index (χ3n) is 5.05. The van der Waals surface area contributed by atoms with E-state index in [1.54, 1.807) is 5.19 Å². The minimum absolute atomic E-state index is 0.802. The molecule has 106 valence electrons. The summed E-state index contributed by atoms with van der Waals surface area (Å²) in [5.41, 5.74) is 1.60. The zero-order chi connectivity index (χ0) is 13.9. The molecule has 1 aromatic carbocycles. The van der Waals surface area contributed by atoms with Crippen molar-refractivity contribution in [1.82, 2.24) is 0 Å². The Balaban J connectivity index is 2.24. The Morgan fingerprint density at radius 1 is 1.05 bits per heavy atom. The Morgan fingerprint density at radius 2 is 1.63 bits per heavy atom. The molecule has 0 N–H and O–H groups in total. The summed E-state index contributed by atoms with van der Waals surface area (Å²) in [7, 11) is -1.43. The molecule has 19 heavy (non-hydrogen) atoms. The van der Waals surface area contributed by atoms with Gasteiger partial charge in [0, 0.05) is 5.92 Å². The molecule has 1 aliphatic rings. The van der Waals surface area contributed by atoms with E-state index >= 15 is 0 Å². The SMILES string of the molecule is CC(C)[Si](CCC1COC1)(c1ccccc1)C(C)C. The summed E-state index contributed by atoms with van der Waals surface area (Å²) in [6.45, 7) is 11.8. The highest BCUT2D eigenvalue weighted by Crippen LogP contribution is 2.38. The van der Waals surface area contributed by atoms with Gasteiger partial charge in [-0.15, -0.1) is 0 Å². The molecular formula is C17H28OSi. The molecule has 2 heteroatoms. The summed E-state index contributed by atoms with van der Waals surface area (Å²) in [5.74, 6) is 0.827. The zero-order valence-electron chi connectivity index (χ0n) is 12.9. The lowest BCUT2D eigenvalue weighted by molar-refractivity contribution is -0.0333. The van der Waals surface area contributed by atoms with Crippen LogP contribution < -0.4 is 5.19 Å². The van der Waals surface area contributed by atoms with E-state index in [-0.39, 0.29) is 0 Å². The van der Waals surface area contributed by atoms with Gasteiger partial charge in [-0.05, 0) is 17.5 Å². The van der Waals surface area contributed by atoms with Gasteiger partial charge < -0.3 is 4.74 Å². The minimum atomic E-state index is -1.43. The van der Waals surface area contributed by atoms with E-state index in [1.807, 2.05) is 0 Å². The molecule has 0 amide bonds. The molecule has 1 saturated heterocycles. The van der Waals surface area contributed by atoms with Crippen molar-refractivity contribution in [2.75, 3.05) is 13.2 Å². The van der Waals surface area contributed by atoms with Crippen LogP contribution in [0.3, 0.4) is 0 Å². The Morgan fingerprint density at radius 3 is 2.05 bits per heavy atom. The van der Waals surface area contributed by atoms with Crippen LogP contribution in [-0.2, 0) is 4.74 Å². The van der Waals surface area contributed by atoms with E-state index in [1.165, 1.54) is 12.5 Å². The van der Waals surface area contributed by atoms with Crippen LogP contribution in [0, 0.1) is 5.92 Å². The van der Waals surface area contributed by atoms with Crippen molar-refractivity contribution in [3.63, 3.8) is 0 Å². The van der Waals surface area contributed by atoms with Gasteiger partial charge >= 0.3 is 0 Å². The maximum atomic E-state index is 5.34. The molecular weight excluding hydrogens is 248 g/mol. The molecule has 1 fully saturated rings. The topological polar surface area (TPSA) is 9.23 Å². The van der Waals surface area contributed by atoms with Gasteiger partial charge in [-0.25, -0.2) is 0 Å². The van der Waals surface area contributed by atoms with E-state index in [4.69, 9.17) is 4.74 Å². The Hall–Kier alpha value is -0.603. The highest BCUT2D eigenvalue weighted by Gasteiger charge is 2.41. The summed E-state index contributed by atoms with van der Waals surface area (Å²) in [4.78, 5) is 0. The van der Waals surface area contributed by atoms with Crippen LogP contribution in [0.5, 0.6) is 0 Å². The van der Waals surface area contributed by atoms with Crippen LogP contribution in [0.15, 0.2) is 30.3 Å². The molecule has 0 spiro atoms. The molecule has 1 heterocycles. The standard InChI is InChI=1S/C17H28OSi/c1-14(2)19(15(3)4,11-10-16-12-18-13-16)17-8-6-5-7-9-17/h5-9,14-16H,10-13H2,1-4H3. The molecule has 0 bridgehead atoms. The van der Waals surface area contributed by atoms with Gasteiger partial charge in [-0.3, -0.25) is 0 Å². The summed E-state index contributed by atoms with van der Waals surface area (Å²) in [6.07, 6.45) is 1.36. The molecule has 0 radical (unpaired) electrons. The second-order valence-corrected chi connectivity index (χ2v) is 12.1. The summed E-state index contributed by atoms with van der Waals surface area (Å²) in [5, 5.41) is 1.65. The predicted octanol–water partition coefficient (Wildman–Crippen LogP) is 4.20. The number of ether oxygens (including phenoxy) is 1. The normalized spacial score (nSPS) is 16.9. The molecule has 1 nitrogen and oxygen atoms in total. The van der Waals surface area contributed by atoms with Gasteiger partial charge in [-0.1, -0.05) is 69.3 Å². The lowest BCUT2D eigenvalue weighted by atomic mass is 10.1. The number of hydrogen-bond acceptors (Lipinski definition) is 1. The second kappa shape index (κ2) is 6.23. The van der Waals surface area contributed by atoms with Crippen molar-refractivity contribution in [1.29, 1.82) is 0 Å². The number of hydrogen-bond donors (Lipinski definition) is 0. The van der Waals surface area contributed by atoms with Gasteiger partial charge in [0.15, 0.2) is 0 Å². The first kappa shape index (κ1) is 14.8. The van der Waals surface area contributed by atoms with Crippen LogP contribution >= 0.6 is 0 Å². The molecule has 0 aromatic heterocycles. The van der Waals surface area contributed by atoms with Crippen LogP contribution in [0.1, 0.15) is 34.1 Å². The Labute approximate surface area is 119 Å². The zero-order valence-corrected chi connectivity index (χ0v) is 13.9. The van der Waals surface area contributed by atoms with Gasteiger partial charge in [0.2, 0.25) is 0 Å². The molecule has 0 aliphatic carbocycles. The molecule has 0 unspecified atom stereocenters. The fourth-order valence-electron chi connectivity index (χ4n) is 3.70. The maximum absolute atomic E-state index is 5.34. The van der Waals surface area contributed by atoms with Crippen molar-refractivity contribution in [2.45, 2.75) is 51.2 Å². The molecule has 0 saturated carbocycles. The quantitative estimate of drug-likeness (QED) is 0.708. The minimum Gasteiger partial charge on any atom is -0.381 e. The van der Waals surface area contributed by atoms with Crippen LogP contribution in [0.2, 0.25) is 17.1 Å². The fraction of sp³-hybridized carbons (Fsp3) is 0.647. The first-order chi connectivity index (χ1) is 9.07. The first-order valence-electron chi connectivity index (χ1n) is 7.70. The summed E-state index contributed by atoms with van der Waals surface area (Å²) in [6, 6.07) is 12.7. The Bertz CT molecular complexity index is 374. The predicted molar refractivity (Wildman–Crippen MR) is 85.8 cm³/mol. The van der Waals surface area contributed by atoms with Gasteiger partial charge in [-0.2, -0.15) is 0 Å². The van der Waals surface area contributed by atoms with Crippen molar-refractivity contribution < 1.29 is 4.74 Å². The lowest BCUT2D eigenvalue weighted by Gasteiger charge is -2.42. The van der Waals surface area contributed by atoms with Crippen LogP contribution in [-0.4, -0.2) is 21.3 Å². The maximum Gasteiger partial charge on any atom is 0.0917 e.